The van der Waals surface area contributed by atoms with Gasteiger partial charge >= 0.3 is 0 Å². The number of hydrogen-bond donors (Lipinski definition) is 5. The van der Waals surface area contributed by atoms with Gasteiger partial charge in [0.05, 0.1) is 28.6 Å². The zero-order valence-corrected chi connectivity index (χ0v) is 40.3. The molecule has 0 aliphatic heterocycles. The Bertz CT molecular complexity index is 1220. The summed E-state index contributed by atoms with van der Waals surface area (Å²) in [6, 6.07) is 13.6. The number of rotatable bonds is 9. The van der Waals surface area contributed by atoms with E-state index in [0.29, 0.717) is 22.8 Å². The number of nitrogens with zero attached hydrogens (tertiary/aromatic N) is 3. The number of anilines is 4. The zero-order valence-electron chi connectivity index (χ0n) is 21.1. The van der Waals surface area contributed by atoms with Gasteiger partial charge in [0, 0.05) is 24.1 Å². The second-order valence-corrected chi connectivity index (χ2v) is 7.41. The van der Waals surface area contributed by atoms with Crippen molar-refractivity contribution in [2.45, 2.75) is 6.42 Å². The average molecular weight is 1290 g/mol. The Morgan fingerprint density at radius 1 is 0.590 bits per heavy atom. The molecule has 5 N–H and O–H groups in total. The van der Waals surface area contributed by atoms with Crippen LogP contribution in [0.15, 0.2) is 54.6 Å². The molecule has 0 aliphatic rings. The molecule has 0 bridgehead atoms. The average Bonchev–Trinajstić information content (AvgIpc) is 2.88. The van der Waals surface area contributed by atoms with Crippen LogP contribution in [0.2, 0.25) is 0 Å². The number of nitrogens with one attached hydrogen (secondary N) is 2. The molecule has 0 saturated heterocycles. The molecule has 192 valence electrons. The fraction of sp³-hybridized carbons (Fsp3) is 0.0400. The van der Waals surface area contributed by atoms with Crippen molar-refractivity contribution in [1.82, 2.24) is 15.0 Å². The third-order valence-electron chi connectivity index (χ3n) is 5.01. The molecule has 4 rings (SSSR count). The molecule has 39 heavy (non-hydrogen) atoms. The number of aromatic nitrogens is 3. The van der Waals surface area contributed by atoms with E-state index in [2.05, 4.69) is 46.9 Å². The molecule has 0 radical (unpaired) electrons. The van der Waals surface area contributed by atoms with Gasteiger partial charge < -0.3 is 40.2 Å². The number of phenols is 3. The number of aromatic hydroxyl groups is 3. The minimum Gasteiger partial charge on any atom is -0.665 e. The minimum atomic E-state index is -0.0804. The molecule has 3 aromatic carbocycles. The van der Waals surface area contributed by atoms with Crippen LogP contribution >= 0.6 is 0 Å². The standard InChI is InChI=1S/C25H22N5O6.3Rf/c1-34-15-4-7-20(31)14(10-15)11-23-28-24(26-18-12-16(35-2)5-8-21(18)32)30-25(29-23)27-19-13-17(36-3)6-9-22(19)33;;;/h4-10,12-13,31-33H,1-3,11H2,(H2,26,27,28,29,30);;;/q-3;;;. The van der Waals surface area contributed by atoms with Crippen molar-refractivity contribution in [1.29, 1.82) is 0 Å². The summed E-state index contributed by atoms with van der Waals surface area (Å²) in [4.78, 5) is 13.2. The Hall–Kier alpha value is -7.93. The summed E-state index contributed by atoms with van der Waals surface area (Å²) in [6.45, 7) is 0. The first-order chi connectivity index (χ1) is 17.4. The minimum absolute atomic E-state index is 0. The third-order valence-corrected chi connectivity index (χ3v) is 5.01. The molecule has 0 aliphatic carbocycles. The molecular weight excluding hydrogens is 1270 g/mol. The van der Waals surface area contributed by atoms with Gasteiger partial charge in [-0.15, -0.1) is 0 Å². The van der Waals surface area contributed by atoms with Crippen molar-refractivity contribution in [2.75, 3.05) is 10.6 Å². The topological polar surface area (TPSA) is 151 Å². The summed E-state index contributed by atoms with van der Waals surface area (Å²) < 4.78 is 14.9. The summed E-state index contributed by atoms with van der Waals surface area (Å²) in [7, 11) is 10.1. The molecule has 0 fully saturated rings. The van der Waals surface area contributed by atoms with Gasteiger partial charge in [-0.25, -0.2) is 0 Å². The van der Waals surface area contributed by atoms with Crippen LogP contribution in [0.4, 0.5) is 23.3 Å². The van der Waals surface area contributed by atoms with Crippen LogP contribution in [0.1, 0.15) is 11.4 Å². The quantitative estimate of drug-likeness (QED) is 0.119. The smallest absolute Gasteiger partial charge is 0.232 e. The van der Waals surface area contributed by atoms with Crippen LogP contribution in [-0.2, 0) is 6.42 Å². The van der Waals surface area contributed by atoms with Gasteiger partial charge in [0.15, 0.2) is 0 Å². The molecular formula is C25H22N5O6Rf3-3. The number of ether oxygens (including phenoxy) is 3. The monoisotopic (exact) mass is 1290 g/mol. The third kappa shape index (κ3) is 6.35. The first kappa shape index (κ1) is 29.1. The summed E-state index contributed by atoms with van der Waals surface area (Å²) in [6.07, 6.45) is 0.0942. The summed E-state index contributed by atoms with van der Waals surface area (Å²) in [5, 5.41) is 36.7. The number of hydrogen-bond acceptors (Lipinski definition) is 11. The van der Waals surface area contributed by atoms with E-state index in [1.807, 2.05) is 0 Å². The van der Waals surface area contributed by atoms with E-state index in [1.54, 1.807) is 24.3 Å². The second kappa shape index (κ2) is 12.0. The van der Waals surface area contributed by atoms with Crippen molar-refractivity contribution in [2.24, 2.45) is 0 Å². The summed E-state index contributed by atoms with van der Waals surface area (Å²) in [5.41, 5.74) is 0.986. The fourth-order valence-electron chi connectivity index (χ4n) is 3.23. The van der Waals surface area contributed by atoms with Gasteiger partial charge in [-0.1, -0.05) is 0 Å². The maximum atomic E-state index is 10.3. The molecule has 11 nitrogen and oxygen atoms in total. The molecule has 1 aromatic heterocycles. The Morgan fingerprint density at radius 2 is 1.00 bits per heavy atom. The first-order valence-corrected chi connectivity index (χ1v) is 10.4. The maximum Gasteiger partial charge on any atom is 0.232 e. The van der Waals surface area contributed by atoms with E-state index in [-0.39, 0.29) is 52.8 Å². The Kier molecular flexibility index (Phi) is 8.93. The molecule has 0 amide bonds. The van der Waals surface area contributed by atoms with Crippen molar-refractivity contribution < 1.29 is 29.5 Å². The predicted molar refractivity (Wildman–Crippen MR) is 131 cm³/mol. The fourth-order valence-corrected chi connectivity index (χ4v) is 3.23. The normalized spacial score (nSPS) is 9.72. The van der Waals surface area contributed by atoms with Crippen LogP contribution in [0.3, 0.4) is 0 Å². The van der Waals surface area contributed by atoms with Crippen LogP contribution < -0.4 is 24.8 Å². The van der Waals surface area contributed by atoms with E-state index >= 15 is 0 Å². The molecule has 0 unspecified atom stereocenters. The van der Waals surface area contributed by atoms with E-state index in [9.17, 15) is 15.3 Å². The van der Waals surface area contributed by atoms with Crippen LogP contribution in [0, 0.1) is 21.3 Å². The Morgan fingerprint density at radius 3 is 1.44 bits per heavy atom. The van der Waals surface area contributed by atoms with Crippen molar-refractivity contribution in [3.63, 3.8) is 0 Å². The van der Waals surface area contributed by atoms with Crippen LogP contribution in [0.25, 0.3) is 0 Å². The molecule has 0 saturated carbocycles. The van der Waals surface area contributed by atoms with E-state index in [0.717, 1.165) is 0 Å². The van der Waals surface area contributed by atoms with Gasteiger partial charge in [0.2, 0.25) is 11.9 Å². The van der Waals surface area contributed by atoms with E-state index in [1.165, 1.54) is 30.3 Å². The summed E-state index contributed by atoms with van der Waals surface area (Å²) >= 11 is 0. The van der Waals surface area contributed by atoms with Gasteiger partial charge in [-0.2, -0.15) is 36.3 Å². The van der Waals surface area contributed by atoms with Crippen LogP contribution in [0.5, 0.6) is 34.5 Å². The van der Waals surface area contributed by atoms with Crippen molar-refractivity contribution in [3.05, 3.63) is 87.3 Å². The predicted octanol–water partition coefficient (Wildman–Crippen LogP) is 4.58. The number of phenolic OH excluding ortho intramolecular Hbond substituents is 3. The van der Waals surface area contributed by atoms with Crippen molar-refractivity contribution in [3.8, 4) is 34.5 Å². The zero-order chi connectivity index (χ0) is 25.7. The number of benzene rings is 3. The first-order valence-electron chi connectivity index (χ1n) is 10.4. The SMILES string of the molecule is [CH2-]Oc1ccc(O)c(Cc2nc(Nc3cc(O[CH2-])ccc3O)nc(Nc3cc(O[CH2-])ccc3O)n2)c1.[Rf].[Rf].[Rf]. The van der Waals surface area contributed by atoms with Gasteiger partial charge in [-0.05, 0) is 42.5 Å². The van der Waals surface area contributed by atoms with E-state index in [4.69, 9.17) is 14.2 Å². The Balaban J connectivity index is 0.00000253. The van der Waals surface area contributed by atoms with Gasteiger partial charge in [-0.3, -0.25) is 0 Å². The summed E-state index contributed by atoms with van der Waals surface area (Å²) in [5.74, 6) is 1.46. The molecule has 14 heteroatoms. The van der Waals surface area contributed by atoms with Crippen LogP contribution in [-0.4, -0.2) is 30.3 Å². The van der Waals surface area contributed by atoms with Gasteiger partial charge in [0.25, 0.3) is 0 Å². The largest absolute Gasteiger partial charge is 0.665 e. The van der Waals surface area contributed by atoms with Crippen molar-refractivity contribution >= 4 is 23.3 Å². The second-order valence-electron chi connectivity index (χ2n) is 7.41. The van der Waals surface area contributed by atoms with E-state index < -0.39 is 0 Å². The molecule has 0 spiro atoms. The molecule has 1 heterocycles. The maximum absolute atomic E-state index is 10.3. The Labute approximate surface area is 207 Å². The van der Waals surface area contributed by atoms with Gasteiger partial charge in [0.1, 0.15) is 23.1 Å². The molecule has 0 atom stereocenters. The molecule has 4 aromatic rings.